The van der Waals surface area contributed by atoms with E-state index in [1.54, 1.807) is 0 Å². The lowest BCUT2D eigenvalue weighted by Gasteiger charge is -2.21. The Labute approximate surface area is 503 Å². The van der Waals surface area contributed by atoms with Gasteiger partial charge in [-0.15, -0.1) is 0 Å². The molecule has 0 aliphatic carbocycles. The van der Waals surface area contributed by atoms with Crippen LogP contribution in [0.5, 0.6) is 0 Å². The van der Waals surface area contributed by atoms with Gasteiger partial charge >= 0.3 is 37.1 Å². The van der Waals surface area contributed by atoms with Crippen LogP contribution in [0.15, 0.2) is 158 Å². The predicted octanol–water partition coefficient (Wildman–Crippen LogP) is 19.1. The molecule has 4 amide bonds. The summed E-state index contributed by atoms with van der Waals surface area (Å²) in [5.41, 5.74) is -16.6. The minimum atomic E-state index is -5.68. The van der Waals surface area contributed by atoms with Crippen molar-refractivity contribution < 1.29 is 98.2 Å². The van der Waals surface area contributed by atoms with Crippen molar-refractivity contribution in [3.05, 3.63) is 213 Å². The van der Waals surface area contributed by atoms with Gasteiger partial charge in [0, 0.05) is 41.2 Å². The first-order chi connectivity index (χ1) is 42.9. The molecule has 0 bridgehead atoms. The summed E-state index contributed by atoms with van der Waals surface area (Å²) in [5.74, 6) is -3.17. The molecular weight excluding hydrogens is 1250 g/mol. The van der Waals surface area contributed by atoms with Crippen molar-refractivity contribution in [2.45, 2.75) is 37.1 Å². The van der Waals surface area contributed by atoms with Crippen LogP contribution in [0.3, 0.4) is 0 Å². The number of aromatic nitrogens is 2. The fourth-order valence-corrected chi connectivity index (χ4v) is 12.3. The van der Waals surface area contributed by atoms with Crippen LogP contribution in [0, 0.1) is 0 Å². The zero-order valence-electron chi connectivity index (χ0n) is 46.2. The van der Waals surface area contributed by atoms with Crippen LogP contribution < -0.4 is 0 Å². The lowest BCUT2D eigenvalue weighted by molar-refractivity contribution is -0.144. The summed E-state index contributed by atoms with van der Waals surface area (Å²) in [6.07, 6.45) is -32.6. The molecule has 26 heteroatoms. The predicted molar refractivity (Wildman–Crippen MR) is 300 cm³/mol. The third kappa shape index (κ3) is 9.49. The van der Waals surface area contributed by atoms with Gasteiger partial charge in [0.1, 0.15) is 0 Å². The van der Waals surface area contributed by atoms with E-state index in [2.05, 4.69) is 0 Å². The molecule has 2 aromatic heterocycles. The molecule has 9 aromatic carbocycles. The van der Waals surface area contributed by atoms with Gasteiger partial charge in [-0.25, -0.2) is 0 Å². The van der Waals surface area contributed by atoms with Crippen molar-refractivity contribution in [3.8, 4) is 55.9 Å². The highest BCUT2D eigenvalue weighted by atomic mass is 19.4. The van der Waals surface area contributed by atoms with Crippen LogP contribution in [0.25, 0.3) is 99.5 Å². The summed E-state index contributed by atoms with van der Waals surface area (Å²) in [6, 6.07) is 23.3. The summed E-state index contributed by atoms with van der Waals surface area (Å²) in [7, 11) is 2.34. The Balaban J connectivity index is 1.11. The van der Waals surface area contributed by atoms with Gasteiger partial charge in [0.25, 0.3) is 23.6 Å². The van der Waals surface area contributed by atoms with Crippen molar-refractivity contribution in [2.75, 3.05) is 14.1 Å². The SMILES string of the molecule is CN1C(=O)c2cccc(-n3c4ccc(-c5ccc(C(F)(F)F)cc5C(F)(F)F)cc4c4cc(-c5cc(C(F)(F)F)cc(C(F)(F)F)c5-c5ccc6c(c5)c5cc(-c7ccc(C(F)(F)F)cc7C(F)(F)F)ccc5n6-c5cccc6c5C(=O)N(C)C6=O)ccc43)c2C1=O. The Hall–Kier alpha value is -10.4. The van der Waals surface area contributed by atoms with Crippen molar-refractivity contribution in [1.82, 2.24) is 18.9 Å². The zero-order valence-corrected chi connectivity index (χ0v) is 46.2. The van der Waals surface area contributed by atoms with E-state index in [1.807, 2.05) is 0 Å². The van der Waals surface area contributed by atoms with Crippen LogP contribution in [0.4, 0.5) is 79.0 Å². The van der Waals surface area contributed by atoms with Gasteiger partial charge in [-0.05, 0) is 148 Å². The average Bonchev–Trinajstić information content (AvgIpc) is 1.54. The molecule has 0 fully saturated rings. The summed E-state index contributed by atoms with van der Waals surface area (Å²) in [6.45, 7) is 0. The molecule has 8 nitrogen and oxygen atoms in total. The molecule has 13 rings (SSSR count). The van der Waals surface area contributed by atoms with Gasteiger partial charge in [0.05, 0.1) is 89.1 Å². The van der Waals surface area contributed by atoms with Crippen molar-refractivity contribution in [1.29, 1.82) is 0 Å². The molecule has 2 aliphatic heterocycles. The van der Waals surface area contributed by atoms with Gasteiger partial charge < -0.3 is 9.13 Å². The summed E-state index contributed by atoms with van der Waals surface area (Å²) >= 11 is 0. The smallest absolute Gasteiger partial charge is 0.308 e. The van der Waals surface area contributed by atoms with Gasteiger partial charge in [0.2, 0.25) is 0 Å². The minimum Gasteiger partial charge on any atom is -0.308 e. The standard InChI is InChI=1S/C66H32F18N4O4/c1-85-57(89)38-5-3-7-52(55(38)59(85)91)87-48-17-9-29(36-15-13-33(61(67,68)69)26-45(36)64(76,77)78)21-41(48)43-23-31(11-19-50(43)87)40-25-35(63(73,74)75)28-47(66(82,83)84)54(40)32-12-20-51-44(24-32)42-22-30(37-16-14-34(62(70,71)72)27-46(37)65(79,80)81)10-18-49(42)88(51)53-8-4-6-39-56(53)60(92)86(2)58(39)90/h3-28H,1-2H3. The molecule has 92 heavy (non-hydrogen) atoms. The highest BCUT2D eigenvalue weighted by molar-refractivity contribution is 6.25. The highest BCUT2D eigenvalue weighted by Gasteiger charge is 2.44. The second kappa shape index (κ2) is 20.0. The second-order valence-corrected chi connectivity index (χ2v) is 21.8. The first-order valence-corrected chi connectivity index (χ1v) is 26.9. The van der Waals surface area contributed by atoms with Gasteiger partial charge in [-0.3, -0.25) is 29.0 Å². The quantitative estimate of drug-likeness (QED) is 0.123. The second-order valence-electron chi connectivity index (χ2n) is 21.8. The molecule has 0 saturated heterocycles. The van der Waals surface area contributed by atoms with E-state index >= 15 is 26.3 Å². The first kappa shape index (κ1) is 60.5. The van der Waals surface area contributed by atoms with Gasteiger partial charge in [-0.2, -0.15) is 79.0 Å². The molecule has 0 saturated carbocycles. The maximum atomic E-state index is 16.0. The fraction of sp³-hybridized carbons (Fsp3) is 0.121. The molecule has 0 N–H and O–H groups in total. The first-order valence-electron chi connectivity index (χ1n) is 26.9. The molecule has 0 radical (unpaired) electrons. The van der Waals surface area contributed by atoms with Crippen LogP contribution in [0.2, 0.25) is 0 Å². The van der Waals surface area contributed by atoms with E-state index in [0.29, 0.717) is 30.3 Å². The Morgan fingerprint density at radius 1 is 0.272 bits per heavy atom. The van der Waals surface area contributed by atoms with Crippen molar-refractivity contribution in [2.24, 2.45) is 0 Å². The number of nitrogens with zero attached hydrogens (tertiary/aromatic N) is 4. The number of rotatable bonds is 6. The number of halogens is 18. The number of fused-ring (bicyclic) bond motifs is 8. The maximum Gasteiger partial charge on any atom is 0.417 e. The lowest BCUT2D eigenvalue weighted by atomic mass is 9.87. The van der Waals surface area contributed by atoms with Crippen LogP contribution >= 0.6 is 0 Å². The number of amides is 4. The van der Waals surface area contributed by atoms with Crippen LogP contribution in [-0.2, 0) is 37.1 Å². The number of benzene rings is 9. The lowest BCUT2D eigenvalue weighted by Crippen LogP contribution is -2.24. The Bertz CT molecular complexity index is 5100. The third-order valence-corrected chi connectivity index (χ3v) is 16.5. The molecule has 0 atom stereocenters. The van der Waals surface area contributed by atoms with E-state index in [4.69, 9.17) is 0 Å². The number of hydrogen-bond donors (Lipinski definition) is 0. The normalized spacial score (nSPS) is 14.3. The van der Waals surface area contributed by atoms with Crippen molar-refractivity contribution >= 4 is 67.2 Å². The van der Waals surface area contributed by atoms with E-state index in [9.17, 15) is 71.9 Å². The van der Waals surface area contributed by atoms with Crippen molar-refractivity contribution in [3.63, 3.8) is 0 Å². The molecule has 4 heterocycles. The monoisotopic (exact) mass is 1290 g/mol. The number of carbonyl (C=O) groups excluding carboxylic acids is 4. The topological polar surface area (TPSA) is 84.6 Å². The number of alkyl halides is 18. The number of imide groups is 2. The Morgan fingerprint density at radius 3 is 0.946 bits per heavy atom. The molecule has 0 spiro atoms. The summed E-state index contributed by atoms with van der Waals surface area (Å²) in [4.78, 5) is 55.8. The highest BCUT2D eigenvalue weighted by Crippen LogP contribution is 2.51. The summed E-state index contributed by atoms with van der Waals surface area (Å²) < 4.78 is 268. The molecule has 466 valence electrons. The molecule has 11 aromatic rings. The Morgan fingerprint density at radius 2 is 0.598 bits per heavy atom. The van der Waals surface area contributed by atoms with E-state index in [-0.39, 0.29) is 95.4 Å². The van der Waals surface area contributed by atoms with E-state index in [1.165, 1.54) is 83.9 Å². The largest absolute Gasteiger partial charge is 0.417 e. The third-order valence-electron chi connectivity index (χ3n) is 16.5. The van der Waals surface area contributed by atoms with E-state index < -0.39 is 139 Å². The van der Waals surface area contributed by atoms with Crippen LogP contribution in [-0.4, -0.2) is 56.7 Å². The van der Waals surface area contributed by atoms with Gasteiger partial charge in [0.15, 0.2) is 0 Å². The molecule has 2 aliphatic rings. The molecule has 0 unspecified atom stereocenters. The maximum absolute atomic E-state index is 16.0. The summed E-state index contributed by atoms with van der Waals surface area (Å²) in [5, 5.41) is -0.614. The number of carbonyl (C=O) groups is 4. The minimum absolute atomic E-state index is 0.00792. The van der Waals surface area contributed by atoms with Gasteiger partial charge in [-0.1, -0.05) is 48.5 Å². The fourth-order valence-electron chi connectivity index (χ4n) is 12.3. The van der Waals surface area contributed by atoms with Crippen LogP contribution in [0.1, 0.15) is 74.8 Å². The van der Waals surface area contributed by atoms with E-state index in [0.717, 1.165) is 58.3 Å². The zero-order chi connectivity index (χ0) is 66.2. The molecular formula is C66H32F18N4O4. The Kier molecular flexibility index (Phi) is 13.2. The average molecular weight is 1290 g/mol. The number of hydrogen-bond acceptors (Lipinski definition) is 4.